The zero-order chi connectivity index (χ0) is 20.9. The highest BCUT2D eigenvalue weighted by Gasteiger charge is 2.17. The van der Waals surface area contributed by atoms with Gasteiger partial charge in [-0.2, -0.15) is 0 Å². The van der Waals surface area contributed by atoms with Crippen molar-refractivity contribution >= 4 is 21.6 Å². The number of amides is 1. The summed E-state index contributed by atoms with van der Waals surface area (Å²) in [6.45, 7) is 1.86. The number of hydrogen-bond acceptors (Lipinski definition) is 4. The lowest BCUT2D eigenvalue weighted by Gasteiger charge is -2.15. The van der Waals surface area contributed by atoms with Crippen LogP contribution < -0.4 is 14.8 Å². The molecule has 0 aromatic heterocycles. The molecule has 0 heterocycles. The first-order valence-corrected chi connectivity index (χ1v) is 10.5. The topological polar surface area (TPSA) is 84.5 Å². The average Bonchev–Trinajstić information content (AvgIpc) is 2.74. The molecule has 7 heteroatoms. The van der Waals surface area contributed by atoms with Crippen molar-refractivity contribution < 1.29 is 17.9 Å². The molecular weight excluding hydrogens is 388 g/mol. The van der Waals surface area contributed by atoms with Crippen LogP contribution in [0.2, 0.25) is 0 Å². The third-order valence-electron chi connectivity index (χ3n) is 4.40. The highest BCUT2D eigenvalue weighted by atomic mass is 32.2. The highest BCUT2D eigenvalue weighted by Crippen LogP contribution is 2.20. The van der Waals surface area contributed by atoms with Crippen LogP contribution in [0.4, 0.5) is 5.69 Å². The number of methoxy groups -OCH3 is 1. The van der Waals surface area contributed by atoms with E-state index in [-0.39, 0.29) is 22.4 Å². The molecule has 0 aliphatic heterocycles. The van der Waals surface area contributed by atoms with Gasteiger partial charge in [-0.1, -0.05) is 36.4 Å². The third kappa shape index (κ3) is 5.14. The molecule has 150 valence electrons. The van der Waals surface area contributed by atoms with Crippen LogP contribution >= 0.6 is 0 Å². The quantitative estimate of drug-likeness (QED) is 0.617. The molecule has 3 aromatic rings. The molecule has 0 aliphatic carbocycles. The maximum absolute atomic E-state index is 12.6. The fourth-order valence-corrected chi connectivity index (χ4v) is 3.88. The summed E-state index contributed by atoms with van der Waals surface area (Å²) in [4.78, 5) is 12.7. The van der Waals surface area contributed by atoms with E-state index in [1.165, 1.54) is 12.1 Å². The molecule has 0 spiro atoms. The van der Waals surface area contributed by atoms with Crippen LogP contribution in [0, 0.1) is 0 Å². The molecule has 6 nitrogen and oxygen atoms in total. The van der Waals surface area contributed by atoms with Gasteiger partial charge in [0.1, 0.15) is 5.75 Å². The minimum absolute atomic E-state index is 0.0195. The molecule has 0 saturated heterocycles. The molecule has 0 fully saturated rings. The average molecular weight is 410 g/mol. The number of hydrogen-bond donors (Lipinski definition) is 2. The summed E-state index contributed by atoms with van der Waals surface area (Å²) in [5, 5.41) is 2.88. The Morgan fingerprint density at radius 3 is 2.28 bits per heavy atom. The van der Waals surface area contributed by atoms with Gasteiger partial charge in [-0.25, -0.2) is 8.42 Å². The first-order chi connectivity index (χ1) is 13.9. The summed E-state index contributed by atoms with van der Waals surface area (Å²) in [6.07, 6.45) is 0. The summed E-state index contributed by atoms with van der Waals surface area (Å²) in [5.74, 6) is 0.376. The van der Waals surface area contributed by atoms with Crippen molar-refractivity contribution in [1.82, 2.24) is 5.32 Å². The maximum atomic E-state index is 12.6. The number of para-hydroxylation sites is 1. The lowest BCUT2D eigenvalue weighted by atomic mass is 10.1. The van der Waals surface area contributed by atoms with E-state index < -0.39 is 10.0 Å². The predicted molar refractivity (Wildman–Crippen MR) is 113 cm³/mol. The fourth-order valence-electron chi connectivity index (χ4n) is 2.78. The van der Waals surface area contributed by atoms with Crippen LogP contribution in [-0.4, -0.2) is 21.4 Å². The maximum Gasteiger partial charge on any atom is 0.261 e. The van der Waals surface area contributed by atoms with Crippen LogP contribution in [0.3, 0.4) is 0 Å². The summed E-state index contributed by atoms with van der Waals surface area (Å²) in [6, 6.07) is 21.7. The van der Waals surface area contributed by atoms with Crippen molar-refractivity contribution in [3.05, 3.63) is 90.0 Å². The first kappa shape index (κ1) is 20.4. The molecule has 1 atom stereocenters. The molecule has 0 bridgehead atoms. The third-order valence-corrected chi connectivity index (χ3v) is 5.77. The summed E-state index contributed by atoms with van der Waals surface area (Å²) in [5.41, 5.74) is 1.63. The van der Waals surface area contributed by atoms with Crippen LogP contribution in [0.15, 0.2) is 83.8 Å². The molecule has 0 radical (unpaired) electrons. The van der Waals surface area contributed by atoms with Gasteiger partial charge in [-0.05, 0) is 55.0 Å². The van der Waals surface area contributed by atoms with E-state index in [1.54, 1.807) is 49.6 Å². The second-order valence-corrected chi connectivity index (χ2v) is 8.15. The molecule has 2 N–H and O–H groups in total. The largest absolute Gasteiger partial charge is 0.497 e. The minimum atomic E-state index is -3.80. The SMILES string of the molecule is COc1ccc([C@@H](C)NC(=O)c2cccc(S(=O)(=O)Nc3ccccc3)c2)cc1. The smallest absolute Gasteiger partial charge is 0.261 e. The highest BCUT2D eigenvalue weighted by molar-refractivity contribution is 7.92. The van der Waals surface area contributed by atoms with Gasteiger partial charge in [-0.15, -0.1) is 0 Å². The Morgan fingerprint density at radius 1 is 0.931 bits per heavy atom. The number of carbonyl (C=O) groups is 1. The lowest BCUT2D eigenvalue weighted by molar-refractivity contribution is 0.0939. The monoisotopic (exact) mass is 410 g/mol. The summed E-state index contributed by atoms with van der Waals surface area (Å²) >= 11 is 0. The Kier molecular flexibility index (Phi) is 6.19. The van der Waals surface area contributed by atoms with E-state index in [9.17, 15) is 13.2 Å². The van der Waals surface area contributed by atoms with Crippen LogP contribution in [-0.2, 0) is 10.0 Å². The first-order valence-electron chi connectivity index (χ1n) is 9.02. The molecule has 3 rings (SSSR count). The van der Waals surface area contributed by atoms with Gasteiger partial charge in [0.25, 0.3) is 15.9 Å². The van der Waals surface area contributed by atoms with Crippen LogP contribution in [0.25, 0.3) is 0 Å². The van der Waals surface area contributed by atoms with E-state index >= 15 is 0 Å². The molecule has 29 heavy (non-hydrogen) atoms. The molecule has 3 aromatic carbocycles. The second-order valence-electron chi connectivity index (χ2n) is 6.47. The predicted octanol–water partition coefficient (Wildman–Crippen LogP) is 3.99. The van der Waals surface area contributed by atoms with Gasteiger partial charge in [0, 0.05) is 11.3 Å². The van der Waals surface area contributed by atoms with Crippen molar-refractivity contribution in [2.45, 2.75) is 17.9 Å². The van der Waals surface area contributed by atoms with Gasteiger partial charge in [0.05, 0.1) is 18.0 Å². The Morgan fingerprint density at radius 2 is 1.62 bits per heavy atom. The van der Waals surface area contributed by atoms with E-state index in [0.29, 0.717) is 5.69 Å². The van der Waals surface area contributed by atoms with Crippen molar-refractivity contribution in [3.63, 3.8) is 0 Å². The van der Waals surface area contributed by atoms with E-state index in [2.05, 4.69) is 10.0 Å². The second kappa shape index (κ2) is 8.79. The van der Waals surface area contributed by atoms with E-state index in [0.717, 1.165) is 11.3 Å². The van der Waals surface area contributed by atoms with Crippen molar-refractivity contribution in [1.29, 1.82) is 0 Å². The number of carbonyl (C=O) groups excluding carboxylic acids is 1. The minimum Gasteiger partial charge on any atom is -0.497 e. The van der Waals surface area contributed by atoms with Crippen molar-refractivity contribution in [2.24, 2.45) is 0 Å². The number of ether oxygens (including phenoxy) is 1. The molecule has 0 unspecified atom stereocenters. The molecule has 0 saturated carbocycles. The number of nitrogens with one attached hydrogen (secondary N) is 2. The lowest BCUT2D eigenvalue weighted by Crippen LogP contribution is -2.27. The van der Waals surface area contributed by atoms with Gasteiger partial charge < -0.3 is 10.1 Å². The standard InChI is InChI=1S/C22H22N2O4S/c1-16(17-11-13-20(28-2)14-12-17)23-22(25)18-7-6-10-21(15-18)29(26,27)24-19-8-4-3-5-9-19/h3-16,24H,1-2H3,(H,23,25)/t16-/m1/s1. The summed E-state index contributed by atoms with van der Waals surface area (Å²) < 4.78 is 32.9. The normalized spacial score (nSPS) is 12.1. The Hall–Kier alpha value is -3.32. The van der Waals surface area contributed by atoms with Gasteiger partial charge in [0.15, 0.2) is 0 Å². The Labute approximate surface area is 170 Å². The molecule has 0 aliphatic rings. The summed E-state index contributed by atoms with van der Waals surface area (Å²) in [7, 11) is -2.21. The van der Waals surface area contributed by atoms with Crippen molar-refractivity contribution in [3.8, 4) is 5.75 Å². The molecular formula is C22H22N2O4S. The number of benzene rings is 3. The van der Waals surface area contributed by atoms with E-state index in [4.69, 9.17) is 4.74 Å². The Balaban J connectivity index is 1.74. The van der Waals surface area contributed by atoms with Crippen LogP contribution in [0.1, 0.15) is 28.9 Å². The fraction of sp³-hybridized carbons (Fsp3) is 0.136. The zero-order valence-electron chi connectivity index (χ0n) is 16.1. The van der Waals surface area contributed by atoms with Gasteiger partial charge >= 0.3 is 0 Å². The van der Waals surface area contributed by atoms with Gasteiger partial charge in [0.2, 0.25) is 0 Å². The number of sulfonamides is 1. The zero-order valence-corrected chi connectivity index (χ0v) is 16.9. The Bertz CT molecular complexity index is 1080. The van der Waals surface area contributed by atoms with Crippen molar-refractivity contribution in [2.75, 3.05) is 11.8 Å². The number of rotatable bonds is 7. The molecule has 1 amide bonds. The van der Waals surface area contributed by atoms with Gasteiger partial charge in [-0.3, -0.25) is 9.52 Å². The van der Waals surface area contributed by atoms with Crippen LogP contribution in [0.5, 0.6) is 5.75 Å². The van der Waals surface area contributed by atoms with E-state index in [1.807, 2.05) is 31.2 Å². The number of anilines is 1.